The van der Waals surface area contributed by atoms with Crippen LogP contribution in [0.3, 0.4) is 0 Å². The summed E-state index contributed by atoms with van der Waals surface area (Å²) in [6.45, 7) is 12.7. The van der Waals surface area contributed by atoms with Crippen LogP contribution in [-0.2, 0) is 9.59 Å². The minimum atomic E-state index is -1.26. The summed E-state index contributed by atoms with van der Waals surface area (Å²) in [5.41, 5.74) is 1.03. The second-order valence-electron chi connectivity index (χ2n) is 10.5. The van der Waals surface area contributed by atoms with Gasteiger partial charge in [-0.3, -0.25) is 4.79 Å². The number of carbonyl (C=O) groups excluding carboxylic acids is 1. The van der Waals surface area contributed by atoms with E-state index >= 15 is 0 Å². The minimum Gasteiger partial charge on any atom is -0.480 e. The molecule has 0 saturated heterocycles. The summed E-state index contributed by atoms with van der Waals surface area (Å²) >= 11 is 1.38. The fourth-order valence-corrected chi connectivity index (χ4v) is 4.87. The second kappa shape index (κ2) is 20.3. The molecule has 2 atom stereocenters. The Balaban J connectivity index is 4.25. The van der Waals surface area contributed by atoms with Crippen molar-refractivity contribution < 1.29 is 24.6 Å². The topological polar surface area (TPSA) is 107 Å². The number of carboxylic acid groups (broad SMARTS) is 2. The molecular formula is C28H50N2O5S. The highest BCUT2D eigenvalue weighted by molar-refractivity contribution is 8.00. The molecule has 0 fully saturated rings. The van der Waals surface area contributed by atoms with E-state index in [4.69, 9.17) is 5.11 Å². The lowest BCUT2D eigenvalue weighted by Gasteiger charge is -2.15. The Hall–Kier alpha value is -1.83. The van der Waals surface area contributed by atoms with Gasteiger partial charge >= 0.3 is 18.0 Å². The summed E-state index contributed by atoms with van der Waals surface area (Å²) in [6.07, 6.45) is 13.5. The lowest BCUT2D eigenvalue weighted by atomic mass is 9.91. The average molecular weight is 527 g/mol. The number of rotatable bonds is 20. The first-order valence-corrected chi connectivity index (χ1v) is 14.7. The Bertz CT molecular complexity index is 721. The molecule has 0 radical (unpaired) electrons. The van der Waals surface area contributed by atoms with E-state index in [0.717, 1.165) is 35.5 Å². The molecule has 0 aliphatic heterocycles. The Morgan fingerprint density at radius 1 is 0.917 bits per heavy atom. The number of allylic oxidation sites excluding steroid dienone is 1. The van der Waals surface area contributed by atoms with E-state index < -0.39 is 24.5 Å². The van der Waals surface area contributed by atoms with Crippen molar-refractivity contribution >= 4 is 35.4 Å². The number of aliphatic carboxylic acids is 2. The maximum atomic E-state index is 12.1. The number of nitrogens with zero attached hydrogens (tertiary/aromatic N) is 2. The predicted molar refractivity (Wildman–Crippen MR) is 151 cm³/mol. The SMILES string of the molecule is CCN(CC(=O)O)C(=O)N=C(CSC/C=C(\C)CCCC(C)CCCC(C)CCCC(C)C)C(=O)O. The van der Waals surface area contributed by atoms with Gasteiger partial charge in [-0.25, -0.2) is 9.59 Å². The number of hydrogen-bond donors (Lipinski definition) is 2. The minimum absolute atomic E-state index is 0.0857. The molecule has 0 aromatic carbocycles. The summed E-state index contributed by atoms with van der Waals surface area (Å²) in [5.74, 6) is 0.685. The smallest absolute Gasteiger partial charge is 0.351 e. The van der Waals surface area contributed by atoms with Gasteiger partial charge in [-0.1, -0.05) is 84.3 Å². The standard InChI is InChI=1S/C28H50N2O5S/c1-7-30(19-26(31)32)28(35)29-25(27(33)34)20-36-18-17-24(6)16-10-15-23(5)14-9-13-22(4)12-8-11-21(2)3/h17,21-23H,7-16,18-20H2,1-6H3,(H,31,32)(H,33,34)/b24-17+,29-25?. The van der Waals surface area contributed by atoms with Crippen LogP contribution in [0.4, 0.5) is 4.79 Å². The van der Waals surface area contributed by atoms with E-state index in [9.17, 15) is 19.5 Å². The van der Waals surface area contributed by atoms with Crippen LogP contribution in [0, 0.1) is 17.8 Å². The maximum Gasteiger partial charge on any atom is 0.351 e. The van der Waals surface area contributed by atoms with Crippen LogP contribution in [0.15, 0.2) is 16.6 Å². The molecule has 0 saturated carbocycles. The molecular weight excluding hydrogens is 476 g/mol. The molecule has 0 aromatic heterocycles. The van der Waals surface area contributed by atoms with Crippen LogP contribution >= 0.6 is 11.8 Å². The van der Waals surface area contributed by atoms with Gasteiger partial charge in [0.1, 0.15) is 12.3 Å². The normalized spacial score (nSPS) is 14.1. The van der Waals surface area contributed by atoms with Crippen LogP contribution in [0.5, 0.6) is 0 Å². The highest BCUT2D eigenvalue weighted by atomic mass is 32.2. The van der Waals surface area contributed by atoms with Gasteiger partial charge in [0.15, 0.2) is 0 Å². The van der Waals surface area contributed by atoms with Gasteiger partial charge in [0.05, 0.1) is 0 Å². The summed E-state index contributed by atoms with van der Waals surface area (Å²) in [7, 11) is 0. The third kappa shape index (κ3) is 18.4. The summed E-state index contributed by atoms with van der Waals surface area (Å²) in [5, 5.41) is 18.2. The molecule has 0 heterocycles. The number of carboxylic acids is 2. The van der Waals surface area contributed by atoms with Crippen LogP contribution < -0.4 is 0 Å². The zero-order valence-corrected chi connectivity index (χ0v) is 24.2. The van der Waals surface area contributed by atoms with Gasteiger partial charge in [-0.2, -0.15) is 16.8 Å². The monoisotopic (exact) mass is 526 g/mol. The zero-order valence-electron chi connectivity index (χ0n) is 23.4. The number of thioether (sulfide) groups is 1. The molecule has 0 spiro atoms. The summed E-state index contributed by atoms with van der Waals surface area (Å²) < 4.78 is 0. The Kier molecular flexibility index (Phi) is 19.2. The number of hydrogen-bond acceptors (Lipinski definition) is 4. The fourth-order valence-electron chi connectivity index (χ4n) is 3.97. The highest BCUT2D eigenvalue weighted by Gasteiger charge is 2.18. The largest absolute Gasteiger partial charge is 0.480 e. The van der Waals surface area contributed by atoms with Crippen molar-refractivity contribution in [1.29, 1.82) is 0 Å². The van der Waals surface area contributed by atoms with Crippen molar-refractivity contribution in [2.75, 3.05) is 24.6 Å². The summed E-state index contributed by atoms with van der Waals surface area (Å²) in [4.78, 5) is 39.0. The first-order chi connectivity index (χ1) is 17.0. The highest BCUT2D eigenvalue weighted by Crippen LogP contribution is 2.22. The molecule has 0 aliphatic carbocycles. The molecule has 2 unspecified atom stereocenters. The van der Waals surface area contributed by atoms with Crippen LogP contribution in [0.2, 0.25) is 0 Å². The van der Waals surface area contributed by atoms with E-state index in [1.54, 1.807) is 6.92 Å². The van der Waals surface area contributed by atoms with Gasteiger partial charge in [-0.05, 0) is 44.4 Å². The first-order valence-electron chi connectivity index (χ1n) is 13.5. The fraction of sp³-hybridized carbons (Fsp3) is 0.786. The van der Waals surface area contributed by atoms with Crippen molar-refractivity contribution in [3.63, 3.8) is 0 Å². The van der Waals surface area contributed by atoms with Gasteiger partial charge < -0.3 is 15.1 Å². The molecule has 36 heavy (non-hydrogen) atoms. The molecule has 0 aromatic rings. The Labute approximate surface area is 223 Å². The lowest BCUT2D eigenvalue weighted by molar-refractivity contribution is -0.137. The lowest BCUT2D eigenvalue weighted by Crippen LogP contribution is -2.34. The van der Waals surface area contributed by atoms with Gasteiger partial charge in [0.25, 0.3) is 0 Å². The van der Waals surface area contributed by atoms with E-state index in [2.05, 4.69) is 45.7 Å². The zero-order chi connectivity index (χ0) is 27.5. The maximum absolute atomic E-state index is 12.1. The van der Waals surface area contributed by atoms with E-state index in [1.165, 1.54) is 62.3 Å². The van der Waals surface area contributed by atoms with Crippen molar-refractivity contribution in [2.45, 2.75) is 99.3 Å². The molecule has 0 aliphatic rings. The van der Waals surface area contributed by atoms with Crippen LogP contribution in [-0.4, -0.2) is 63.4 Å². The van der Waals surface area contributed by atoms with Crippen molar-refractivity contribution in [1.82, 2.24) is 4.90 Å². The van der Waals surface area contributed by atoms with Gasteiger partial charge in [0, 0.05) is 18.1 Å². The second-order valence-corrected chi connectivity index (χ2v) is 11.5. The van der Waals surface area contributed by atoms with Gasteiger partial charge in [0.2, 0.25) is 0 Å². The van der Waals surface area contributed by atoms with Crippen molar-refractivity contribution in [2.24, 2.45) is 22.7 Å². The number of aliphatic imine (C=N–C) groups is 1. The first kappa shape index (κ1) is 34.2. The summed E-state index contributed by atoms with van der Waals surface area (Å²) in [6, 6.07) is -0.834. The van der Waals surface area contributed by atoms with E-state index in [1.807, 2.05) is 0 Å². The predicted octanol–water partition coefficient (Wildman–Crippen LogP) is 7.16. The van der Waals surface area contributed by atoms with E-state index in [0.29, 0.717) is 5.75 Å². The number of amides is 2. The number of carbonyl (C=O) groups is 3. The molecule has 8 heteroatoms. The molecule has 2 amide bonds. The van der Waals surface area contributed by atoms with Crippen LogP contribution in [0.1, 0.15) is 99.3 Å². The molecule has 208 valence electrons. The van der Waals surface area contributed by atoms with Crippen molar-refractivity contribution in [3.05, 3.63) is 11.6 Å². The quantitative estimate of drug-likeness (QED) is 0.0990. The third-order valence-corrected chi connectivity index (χ3v) is 7.26. The van der Waals surface area contributed by atoms with Gasteiger partial charge in [-0.15, -0.1) is 0 Å². The number of likely N-dealkylation sites (N-methyl/N-ethyl adjacent to an activating group) is 1. The number of urea groups is 1. The molecule has 0 rings (SSSR count). The average Bonchev–Trinajstić information content (AvgIpc) is 2.78. The van der Waals surface area contributed by atoms with E-state index in [-0.39, 0.29) is 18.0 Å². The molecule has 0 bridgehead atoms. The molecule has 2 N–H and O–H groups in total. The Morgan fingerprint density at radius 2 is 1.47 bits per heavy atom. The van der Waals surface area contributed by atoms with Crippen molar-refractivity contribution in [3.8, 4) is 0 Å². The Morgan fingerprint density at radius 3 is 1.97 bits per heavy atom. The van der Waals surface area contributed by atoms with Crippen LogP contribution in [0.25, 0.3) is 0 Å². The third-order valence-electron chi connectivity index (χ3n) is 6.38. The molecule has 7 nitrogen and oxygen atoms in total.